The van der Waals surface area contributed by atoms with Crippen molar-refractivity contribution in [3.05, 3.63) is 110 Å². The number of nitrogens with zero attached hydrogens (tertiary/aromatic N) is 2. The summed E-state index contributed by atoms with van der Waals surface area (Å²) in [5.41, 5.74) is 1.64. The van der Waals surface area contributed by atoms with Crippen molar-refractivity contribution >= 4 is 39.1 Å². The van der Waals surface area contributed by atoms with Crippen LogP contribution in [0.4, 0.5) is 0 Å². The average Bonchev–Trinajstić information content (AvgIpc) is 2.77. The van der Waals surface area contributed by atoms with E-state index in [2.05, 4.69) is 20.9 Å². The number of carbonyl (C=O) groups excluding carboxylic acids is 1. The molecule has 0 N–H and O–H groups in total. The molecule has 0 bridgehead atoms. The van der Waals surface area contributed by atoms with Crippen LogP contribution < -0.4 is 10.3 Å². The Morgan fingerprint density at radius 2 is 1.81 bits per heavy atom. The largest absolute Gasteiger partial charge is 0.488 e. The smallest absolute Gasteiger partial charge is 0.342 e. The van der Waals surface area contributed by atoms with Gasteiger partial charge < -0.3 is 9.47 Å². The van der Waals surface area contributed by atoms with Crippen LogP contribution in [0.1, 0.15) is 21.6 Å². The van der Waals surface area contributed by atoms with E-state index in [9.17, 15) is 9.59 Å². The first kappa shape index (κ1) is 21.1. The SMILES string of the molecule is O=C(OCc1cc(=O)n2cc(Br)ccc2n1)c1ccccc1OCc1ccccc1Cl. The fourth-order valence-electron chi connectivity index (χ4n) is 2.95. The van der Waals surface area contributed by atoms with Gasteiger partial charge in [0.25, 0.3) is 5.56 Å². The van der Waals surface area contributed by atoms with Crippen LogP contribution in [-0.4, -0.2) is 15.4 Å². The van der Waals surface area contributed by atoms with Crippen molar-refractivity contribution in [3.63, 3.8) is 0 Å². The Morgan fingerprint density at radius 1 is 1.03 bits per heavy atom. The second-order valence-corrected chi connectivity index (χ2v) is 7.94. The lowest BCUT2D eigenvalue weighted by Crippen LogP contribution is -2.16. The van der Waals surface area contributed by atoms with E-state index in [0.717, 1.165) is 10.0 Å². The Morgan fingerprint density at radius 3 is 2.65 bits per heavy atom. The molecule has 0 atom stereocenters. The molecule has 8 heteroatoms. The number of fused-ring (bicyclic) bond motifs is 1. The molecule has 0 saturated heterocycles. The molecule has 6 nitrogen and oxygen atoms in total. The molecule has 0 radical (unpaired) electrons. The van der Waals surface area contributed by atoms with E-state index in [1.54, 1.807) is 48.7 Å². The summed E-state index contributed by atoms with van der Waals surface area (Å²) < 4.78 is 13.4. The predicted octanol–water partition coefficient (Wildman–Crippen LogP) is 5.05. The van der Waals surface area contributed by atoms with Crippen LogP contribution in [0.5, 0.6) is 5.75 Å². The number of hydrogen-bond donors (Lipinski definition) is 0. The normalized spacial score (nSPS) is 10.8. The molecule has 0 aliphatic heterocycles. The molecule has 0 fully saturated rings. The Balaban J connectivity index is 1.48. The molecular formula is C23H16BrClN2O4. The monoisotopic (exact) mass is 498 g/mol. The van der Waals surface area contributed by atoms with Crippen molar-refractivity contribution in [2.24, 2.45) is 0 Å². The molecule has 0 amide bonds. The number of esters is 1. The third kappa shape index (κ3) is 4.95. The molecule has 0 aliphatic carbocycles. The number of aromatic nitrogens is 2. The minimum absolute atomic E-state index is 0.139. The van der Waals surface area contributed by atoms with E-state index < -0.39 is 5.97 Å². The maximum Gasteiger partial charge on any atom is 0.342 e. The number of rotatable bonds is 6. The highest BCUT2D eigenvalue weighted by Crippen LogP contribution is 2.23. The lowest BCUT2D eigenvalue weighted by atomic mass is 10.2. The first-order valence-corrected chi connectivity index (χ1v) is 10.5. The van der Waals surface area contributed by atoms with Gasteiger partial charge in [0.1, 0.15) is 30.2 Å². The number of halogens is 2. The zero-order valence-corrected chi connectivity index (χ0v) is 18.5. The van der Waals surface area contributed by atoms with Crippen molar-refractivity contribution in [2.45, 2.75) is 13.2 Å². The Bertz CT molecular complexity index is 1320. The van der Waals surface area contributed by atoms with Crippen molar-refractivity contribution < 1.29 is 14.3 Å². The Kier molecular flexibility index (Phi) is 6.34. The molecule has 4 aromatic rings. The first-order valence-electron chi connectivity index (χ1n) is 9.31. The summed E-state index contributed by atoms with van der Waals surface area (Å²) in [6.45, 7) is 0.0714. The minimum atomic E-state index is -0.576. The van der Waals surface area contributed by atoms with E-state index in [1.165, 1.54) is 10.5 Å². The topological polar surface area (TPSA) is 69.9 Å². The summed E-state index contributed by atoms with van der Waals surface area (Å²) in [6, 6.07) is 18.9. The molecule has 2 aromatic heterocycles. The molecule has 0 unspecified atom stereocenters. The minimum Gasteiger partial charge on any atom is -0.488 e. The predicted molar refractivity (Wildman–Crippen MR) is 121 cm³/mol. The van der Waals surface area contributed by atoms with Crippen molar-refractivity contribution in [1.29, 1.82) is 0 Å². The van der Waals surface area contributed by atoms with Crippen molar-refractivity contribution in [2.75, 3.05) is 0 Å². The average molecular weight is 500 g/mol. The fourth-order valence-corrected chi connectivity index (χ4v) is 3.48. The number of para-hydroxylation sites is 1. The molecule has 0 spiro atoms. The van der Waals surface area contributed by atoms with Gasteiger partial charge in [-0.05, 0) is 46.3 Å². The van der Waals surface area contributed by atoms with Crippen molar-refractivity contribution in [3.8, 4) is 5.75 Å². The second-order valence-electron chi connectivity index (χ2n) is 6.61. The number of benzene rings is 2. The van der Waals surface area contributed by atoms with Gasteiger partial charge in [0, 0.05) is 27.3 Å². The van der Waals surface area contributed by atoms with Crippen LogP contribution in [0.15, 0.2) is 82.2 Å². The number of ether oxygens (including phenoxy) is 2. The fraction of sp³-hybridized carbons (Fsp3) is 0.0870. The van der Waals surface area contributed by atoms with Crippen LogP contribution in [0.3, 0.4) is 0 Å². The molecule has 4 rings (SSSR count). The van der Waals surface area contributed by atoms with Gasteiger partial charge in [0.2, 0.25) is 0 Å². The first-order chi connectivity index (χ1) is 15.0. The Labute approximate surface area is 191 Å². The third-order valence-corrected chi connectivity index (χ3v) is 5.31. The van der Waals surface area contributed by atoms with Crippen LogP contribution in [0, 0.1) is 0 Å². The molecule has 0 aliphatic rings. The standard InChI is InChI=1S/C23H16BrClN2O4/c24-16-9-10-21-26-17(11-22(28)27(21)12-16)14-31-23(29)18-6-2-4-8-20(18)30-13-15-5-1-3-7-19(15)25/h1-12H,13-14H2. The highest BCUT2D eigenvalue weighted by molar-refractivity contribution is 9.10. The highest BCUT2D eigenvalue weighted by Gasteiger charge is 2.15. The van der Waals surface area contributed by atoms with Crippen LogP contribution in [0.25, 0.3) is 5.65 Å². The molecule has 2 aromatic carbocycles. The van der Waals surface area contributed by atoms with Gasteiger partial charge in [-0.15, -0.1) is 0 Å². The lowest BCUT2D eigenvalue weighted by Gasteiger charge is -2.12. The van der Waals surface area contributed by atoms with Gasteiger partial charge in [-0.1, -0.05) is 41.9 Å². The van der Waals surface area contributed by atoms with Gasteiger partial charge in [-0.2, -0.15) is 0 Å². The van der Waals surface area contributed by atoms with Gasteiger partial charge in [-0.3, -0.25) is 9.20 Å². The van der Waals surface area contributed by atoms with Gasteiger partial charge in [0.05, 0.1) is 5.69 Å². The van der Waals surface area contributed by atoms with Gasteiger partial charge in [-0.25, -0.2) is 9.78 Å². The molecule has 31 heavy (non-hydrogen) atoms. The summed E-state index contributed by atoms with van der Waals surface area (Å²) in [5.74, 6) is -0.198. The number of carbonyl (C=O) groups is 1. The third-order valence-electron chi connectivity index (χ3n) is 4.48. The summed E-state index contributed by atoms with van der Waals surface area (Å²) in [5, 5.41) is 0.586. The summed E-state index contributed by atoms with van der Waals surface area (Å²) in [7, 11) is 0. The highest BCUT2D eigenvalue weighted by atomic mass is 79.9. The van der Waals surface area contributed by atoms with E-state index in [4.69, 9.17) is 21.1 Å². The molecular weight excluding hydrogens is 484 g/mol. The van der Waals surface area contributed by atoms with E-state index in [1.807, 2.05) is 18.2 Å². The maximum absolute atomic E-state index is 12.7. The van der Waals surface area contributed by atoms with E-state index >= 15 is 0 Å². The molecule has 0 saturated carbocycles. The Hall–Kier alpha value is -3.16. The van der Waals surface area contributed by atoms with Crippen molar-refractivity contribution in [1.82, 2.24) is 9.38 Å². The molecule has 2 heterocycles. The summed E-state index contributed by atoms with van der Waals surface area (Å²) in [4.78, 5) is 29.3. The number of hydrogen-bond acceptors (Lipinski definition) is 5. The quantitative estimate of drug-likeness (QED) is 0.347. The summed E-state index contributed by atoms with van der Waals surface area (Å²) >= 11 is 9.49. The van der Waals surface area contributed by atoms with Gasteiger partial charge in [0.15, 0.2) is 0 Å². The zero-order chi connectivity index (χ0) is 21.8. The van der Waals surface area contributed by atoms with Gasteiger partial charge >= 0.3 is 5.97 Å². The zero-order valence-electron chi connectivity index (χ0n) is 16.1. The molecule has 156 valence electrons. The lowest BCUT2D eigenvalue weighted by molar-refractivity contribution is 0.0462. The van der Waals surface area contributed by atoms with E-state index in [-0.39, 0.29) is 24.3 Å². The van der Waals surface area contributed by atoms with Crippen LogP contribution >= 0.6 is 27.5 Å². The second kappa shape index (κ2) is 9.32. The van der Waals surface area contributed by atoms with Crippen LogP contribution in [-0.2, 0) is 18.0 Å². The maximum atomic E-state index is 12.7. The summed E-state index contributed by atoms with van der Waals surface area (Å²) in [6.07, 6.45) is 1.63. The number of pyridine rings is 1. The van der Waals surface area contributed by atoms with Crippen LogP contribution in [0.2, 0.25) is 5.02 Å². The van der Waals surface area contributed by atoms with E-state index in [0.29, 0.717) is 22.1 Å².